The largest absolute Gasteiger partial charge is 0.310 e. The molecule has 0 aromatic heterocycles. The molecule has 0 unspecified atom stereocenters. The Labute approximate surface area is 80.9 Å². The molecule has 0 radical (unpaired) electrons. The molecule has 0 aliphatic heterocycles. The second-order valence-electron chi connectivity index (χ2n) is 2.79. The minimum Gasteiger partial charge on any atom is -0.310 e. The molecule has 0 bridgehead atoms. The van der Waals surface area contributed by atoms with E-state index >= 15 is 0 Å². The van der Waals surface area contributed by atoms with Crippen LogP contribution in [0.15, 0.2) is 24.3 Å². The lowest BCUT2D eigenvalue weighted by molar-refractivity contribution is -0.384. The van der Waals surface area contributed by atoms with Crippen molar-refractivity contribution in [3.05, 3.63) is 39.9 Å². The predicted molar refractivity (Wildman–Crippen MR) is 50.8 cm³/mol. The number of nitrogens with zero attached hydrogens (tertiary/aromatic N) is 1. The Balaban J connectivity index is 2.59. The lowest BCUT2D eigenvalue weighted by Gasteiger charge is -2.01. The standard InChI is InChI=1S/C9H11FN2O2/c10-4-5-11-7-8-2-1-3-9(6-8)12(13)14/h1-3,6,11H,4-5,7H2. The molecule has 1 N–H and O–H groups in total. The van der Waals surface area contributed by atoms with Crippen molar-refractivity contribution < 1.29 is 9.31 Å². The highest BCUT2D eigenvalue weighted by atomic mass is 19.1. The van der Waals surface area contributed by atoms with Crippen LogP contribution in [0, 0.1) is 10.1 Å². The van der Waals surface area contributed by atoms with Crippen molar-refractivity contribution >= 4 is 5.69 Å². The van der Waals surface area contributed by atoms with Crippen LogP contribution in [0.3, 0.4) is 0 Å². The maximum atomic E-state index is 11.7. The van der Waals surface area contributed by atoms with Gasteiger partial charge in [-0.15, -0.1) is 0 Å². The Morgan fingerprint density at radius 3 is 2.93 bits per heavy atom. The van der Waals surface area contributed by atoms with E-state index in [1.54, 1.807) is 12.1 Å². The molecule has 0 atom stereocenters. The first kappa shape index (κ1) is 10.6. The summed E-state index contributed by atoms with van der Waals surface area (Å²) in [6.45, 7) is 0.281. The van der Waals surface area contributed by atoms with Crippen LogP contribution in [0.25, 0.3) is 0 Å². The number of benzene rings is 1. The molecule has 1 aromatic carbocycles. The minimum atomic E-state index is -0.446. The quantitative estimate of drug-likeness (QED) is 0.444. The van der Waals surface area contributed by atoms with Gasteiger partial charge >= 0.3 is 0 Å². The van der Waals surface area contributed by atoms with Crippen LogP contribution in [-0.2, 0) is 6.54 Å². The van der Waals surface area contributed by atoms with E-state index in [4.69, 9.17) is 0 Å². The fraction of sp³-hybridized carbons (Fsp3) is 0.333. The summed E-state index contributed by atoms with van der Waals surface area (Å²) in [5.74, 6) is 0. The van der Waals surface area contributed by atoms with Gasteiger partial charge in [0.1, 0.15) is 6.67 Å². The van der Waals surface area contributed by atoms with Gasteiger partial charge in [0.05, 0.1) is 4.92 Å². The maximum absolute atomic E-state index is 11.7. The van der Waals surface area contributed by atoms with Crippen molar-refractivity contribution in [1.82, 2.24) is 5.32 Å². The number of alkyl halides is 1. The average Bonchev–Trinajstić information content (AvgIpc) is 2.19. The molecule has 0 aliphatic carbocycles. The predicted octanol–water partition coefficient (Wildman–Crippen LogP) is 1.65. The fourth-order valence-corrected chi connectivity index (χ4v) is 1.08. The minimum absolute atomic E-state index is 0.0598. The molecule has 0 saturated carbocycles. The van der Waals surface area contributed by atoms with E-state index in [0.717, 1.165) is 5.56 Å². The van der Waals surface area contributed by atoms with Crippen molar-refractivity contribution in [2.45, 2.75) is 6.54 Å². The maximum Gasteiger partial charge on any atom is 0.269 e. The van der Waals surface area contributed by atoms with E-state index in [1.165, 1.54) is 12.1 Å². The van der Waals surface area contributed by atoms with Crippen LogP contribution in [-0.4, -0.2) is 18.1 Å². The molecule has 0 amide bonds. The molecule has 0 fully saturated rings. The zero-order valence-corrected chi connectivity index (χ0v) is 7.57. The topological polar surface area (TPSA) is 55.2 Å². The second-order valence-corrected chi connectivity index (χ2v) is 2.79. The zero-order chi connectivity index (χ0) is 10.4. The van der Waals surface area contributed by atoms with Crippen LogP contribution in [0.5, 0.6) is 0 Å². The Morgan fingerprint density at radius 1 is 1.50 bits per heavy atom. The number of halogens is 1. The van der Waals surface area contributed by atoms with E-state index in [9.17, 15) is 14.5 Å². The molecule has 5 heteroatoms. The van der Waals surface area contributed by atoms with Gasteiger partial charge in [-0.1, -0.05) is 12.1 Å². The number of non-ortho nitro benzene ring substituents is 1. The summed E-state index contributed by atoms with van der Waals surface area (Å²) in [7, 11) is 0. The summed E-state index contributed by atoms with van der Waals surface area (Å²) in [5, 5.41) is 13.2. The molecule has 76 valence electrons. The van der Waals surface area contributed by atoms with Gasteiger partial charge in [-0.2, -0.15) is 0 Å². The highest BCUT2D eigenvalue weighted by Gasteiger charge is 2.04. The number of nitro groups is 1. The SMILES string of the molecule is O=[N+]([O-])c1cccc(CNCCF)c1. The monoisotopic (exact) mass is 198 g/mol. The molecule has 14 heavy (non-hydrogen) atoms. The van der Waals surface area contributed by atoms with Gasteiger partial charge in [0.25, 0.3) is 5.69 Å². The van der Waals surface area contributed by atoms with Crippen molar-refractivity contribution in [2.24, 2.45) is 0 Å². The first-order valence-corrected chi connectivity index (χ1v) is 4.24. The number of nitro benzene ring substituents is 1. The molecule has 0 spiro atoms. The number of rotatable bonds is 5. The van der Waals surface area contributed by atoms with Gasteiger partial charge < -0.3 is 5.32 Å². The van der Waals surface area contributed by atoms with Gasteiger partial charge in [-0.3, -0.25) is 10.1 Å². The molecular weight excluding hydrogens is 187 g/mol. The van der Waals surface area contributed by atoms with E-state index in [-0.39, 0.29) is 12.2 Å². The molecule has 0 heterocycles. The first-order valence-electron chi connectivity index (χ1n) is 4.24. The Kier molecular flexibility index (Phi) is 4.00. The lowest BCUT2D eigenvalue weighted by Crippen LogP contribution is -2.15. The fourth-order valence-electron chi connectivity index (χ4n) is 1.08. The number of hydrogen-bond donors (Lipinski definition) is 1. The van der Waals surface area contributed by atoms with Crippen LogP contribution < -0.4 is 5.32 Å². The van der Waals surface area contributed by atoms with E-state index < -0.39 is 11.6 Å². The summed E-state index contributed by atoms with van der Waals surface area (Å²) in [6.07, 6.45) is 0. The Morgan fingerprint density at radius 2 is 2.29 bits per heavy atom. The third kappa shape index (κ3) is 3.10. The lowest BCUT2D eigenvalue weighted by atomic mass is 10.2. The van der Waals surface area contributed by atoms with Crippen molar-refractivity contribution in [1.29, 1.82) is 0 Å². The van der Waals surface area contributed by atoms with E-state index in [0.29, 0.717) is 6.54 Å². The normalized spacial score (nSPS) is 10.1. The molecule has 0 aliphatic rings. The average molecular weight is 198 g/mol. The molecule has 4 nitrogen and oxygen atoms in total. The van der Waals surface area contributed by atoms with Crippen molar-refractivity contribution in [3.8, 4) is 0 Å². The Bertz CT molecular complexity index is 317. The number of hydrogen-bond acceptors (Lipinski definition) is 3. The van der Waals surface area contributed by atoms with Crippen molar-refractivity contribution in [2.75, 3.05) is 13.2 Å². The number of nitrogens with one attached hydrogen (secondary N) is 1. The Hall–Kier alpha value is -1.49. The summed E-state index contributed by atoms with van der Waals surface area (Å²) >= 11 is 0. The first-order chi connectivity index (χ1) is 6.74. The third-order valence-corrected chi connectivity index (χ3v) is 1.72. The smallest absolute Gasteiger partial charge is 0.269 e. The summed E-state index contributed by atoms with van der Waals surface area (Å²) < 4.78 is 11.7. The summed E-state index contributed by atoms with van der Waals surface area (Å²) in [4.78, 5) is 9.96. The van der Waals surface area contributed by atoms with Crippen LogP contribution in [0.1, 0.15) is 5.56 Å². The van der Waals surface area contributed by atoms with Gasteiger partial charge in [-0.25, -0.2) is 4.39 Å². The molecule has 1 rings (SSSR count). The zero-order valence-electron chi connectivity index (χ0n) is 7.57. The summed E-state index contributed by atoms with van der Waals surface area (Å²) in [6, 6.07) is 6.28. The second kappa shape index (κ2) is 5.29. The summed E-state index contributed by atoms with van der Waals surface area (Å²) in [5.41, 5.74) is 0.845. The van der Waals surface area contributed by atoms with Gasteiger partial charge in [-0.05, 0) is 5.56 Å². The molecule has 1 aromatic rings. The van der Waals surface area contributed by atoms with E-state index in [2.05, 4.69) is 5.32 Å². The van der Waals surface area contributed by atoms with Crippen LogP contribution in [0.2, 0.25) is 0 Å². The van der Waals surface area contributed by atoms with E-state index in [1.807, 2.05) is 0 Å². The van der Waals surface area contributed by atoms with Crippen LogP contribution >= 0.6 is 0 Å². The third-order valence-electron chi connectivity index (χ3n) is 1.72. The van der Waals surface area contributed by atoms with Gasteiger partial charge in [0, 0.05) is 25.2 Å². The molecule has 0 saturated heterocycles. The van der Waals surface area contributed by atoms with Gasteiger partial charge in [0.2, 0.25) is 0 Å². The van der Waals surface area contributed by atoms with Crippen molar-refractivity contribution in [3.63, 3.8) is 0 Å². The highest BCUT2D eigenvalue weighted by molar-refractivity contribution is 5.34. The van der Waals surface area contributed by atoms with Crippen LogP contribution in [0.4, 0.5) is 10.1 Å². The molecular formula is C9H11FN2O2. The van der Waals surface area contributed by atoms with Gasteiger partial charge in [0.15, 0.2) is 0 Å². The highest BCUT2D eigenvalue weighted by Crippen LogP contribution is 2.12.